The highest BCUT2D eigenvalue weighted by atomic mass is 16.5. The van der Waals surface area contributed by atoms with Gasteiger partial charge in [0.2, 0.25) is 11.4 Å². The van der Waals surface area contributed by atoms with Crippen LogP contribution in [0.3, 0.4) is 0 Å². The van der Waals surface area contributed by atoms with E-state index in [1.54, 1.807) is 6.92 Å². The minimum absolute atomic E-state index is 0.100. The second-order valence-electron chi connectivity index (χ2n) is 2.77. The number of hydrogen-bond acceptors (Lipinski definition) is 5. The molecule has 2 aromatic rings. The summed E-state index contributed by atoms with van der Waals surface area (Å²) in [6.45, 7) is 1.90. The van der Waals surface area contributed by atoms with Gasteiger partial charge < -0.3 is 9.15 Å². The van der Waals surface area contributed by atoms with Gasteiger partial charge in [-0.15, -0.1) is 0 Å². The van der Waals surface area contributed by atoms with Crippen molar-refractivity contribution in [3.63, 3.8) is 0 Å². The van der Waals surface area contributed by atoms with Crippen molar-refractivity contribution in [2.24, 2.45) is 0 Å². The fourth-order valence-corrected chi connectivity index (χ4v) is 1.17. The van der Waals surface area contributed by atoms with Crippen LogP contribution < -0.4 is 5.56 Å². The van der Waals surface area contributed by atoms with Gasteiger partial charge in [0.05, 0.1) is 12.9 Å². The van der Waals surface area contributed by atoms with E-state index in [1.165, 1.54) is 12.3 Å². The lowest BCUT2D eigenvalue weighted by Gasteiger charge is -1.99. The van der Waals surface area contributed by atoms with Crippen molar-refractivity contribution in [1.82, 2.24) is 9.97 Å². The number of carbonyl (C=O) groups is 1. The molecule has 0 atom stereocenters. The lowest BCUT2D eigenvalue weighted by Crippen LogP contribution is -2.17. The molecule has 0 bridgehead atoms. The Morgan fingerprint density at radius 3 is 3.20 bits per heavy atom. The van der Waals surface area contributed by atoms with E-state index in [0.717, 1.165) is 0 Å². The van der Waals surface area contributed by atoms with Crippen molar-refractivity contribution in [3.05, 3.63) is 28.5 Å². The maximum Gasteiger partial charge on any atom is 0.374 e. The van der Waals surface area contributed by atoms with Gasteiger partial charge >= 0.3 is 5.97 Å². The van der Waals surface area contributed by atoms with E-state index >= 15 is 0 Å². The van der Waals surface area contributed by atoms with Gasteiger partial charge in [-0.1, -0.05) is 0 Å². The van der Waals surface area contributed by atoms with Gasteiger partial charge in [-0.25, -0.2) is 9.78 Å². The van der Waals surface area contributed by atoms with E-state index in [4.69, 9.17) is 9.15 Å². The van der Waals surface area contributed by atoms with Crippen LogP contribution in [0.2, 0.25) is 0 Å². The van der Waals surface area contributed by atoms with Crippen molar-refractivity contribution in [3.8, 4) is 0 Å². The summed E-state index contributed by atoms with van der Waals surface area (Å²) in [7, 11) is 0. The summed E-state index contributed by atoms with van der Waals surface area (Å²) in [5, 5.41) is 0. The molecule has 0 spiro atoms. The van der Waals surface area contributed by atoms with Gasteiger partial charge in [0.1, 0.15) is 5.52 Å². The number of esters is 1. The summed E-state index contributed by atoms with van der Waals surface area (Å²) in [5.74, 6) is -0.770. The zero-order valence-corrected chi connectivity index (χ0v) is 7.94. The Morgan fingerprint density at radius 1 is 1.67 bits per heavy atom. The largest absolute Gasteiger partial charge is 0.460 e. The van der Waals surface area contributed by atoms with Gasteiger partial charge in [0.25, 0.3) is 5.56 Å². The van der Waals surface area contributed by atoms with Crippen molar-refractivity contribution in [2.45, 2.75) is 6.92 Å². The molecule has 15 heavy (non-hydrogen) atoms. The lowest BCUT2D eigenvalue weighted by molar-refractivity contribution is 0.0512. The normalized spacial score (nSPS) is 10.5. The molecule has 0 aliphatic carbocycles. The first-order chi connectivity index (χ1) is 7.22. The fraction of sp³-hybridized carbons (Fsp3) is 0.222. The van der Waals surface area contributed by atoms with E-state index < -0.39 is 11.5 Å². The lowest BCUT2D eigenvalue weighted by atomic mass is 10.4. The summed E-state index contributed by atoms with van der Waals surface area (Å²) in [5.41, 5.74) is -0.0575. The molecular formula is C9H8N2O4. The molecule has 0 saturated carbocycles. The SMILES string of the molecule is CCOC(=O)c1nc2ccoc2c(=O)[nH]1. The van der Waals surface area contributed by atoms with E-state index in [2.05, 4.69) is 9.97 Å². The first kappa shape index (κ1) is 9.45. The number of nitrogens with one attached hydrogen (secondary N) is 1. The molecule has 1 N–H and O–H groups in total. The minimum atomic E-state index is -0.655. The molecule has 78 valence electrons. The average molecular weight is 208 g/mol. The Bertz CT molecular complexity index is 554. The molecule has 0 aliphatic rings. The van der Waals surface area contributed by atoms with Gasteiger partial charge in [0, 0.05) is 6.07 Å². The molecule has 6 nitrogen and oxygen atoms in total. The van der Waals surface area contributed by atoms with Crippen LogP contribution in [0.4, 0.5) is 0 Å². The van der Waals surface area contributed by atoms with Crippen molar-refractivity contribution in [2.75, 3.05) is 6.61 Å². The predicted octanol–water partition coefficient (Wildman–Crippen LogP) is 0.693. The van der Waals surface area contributed by atoms with Crippen LogP contribution >= 0.6 is 0 Å². The first-order valence-electron chi connectivity index (χ1n) is 4.37. The van der Waals surface area contributed by atoms with Gasteiger partial charge in [-0.2, -0.15) is 0 Å². The monoisotopic (exact) mass is 208 g/mol. The number of aromatic nitrogens is 2. The second-order valence-corrected chi connectivity index (χ2v) is 2.77. The van der Waals surface area contributed by atoms with Gasteiger partial charge in [-0.3, -0.25) is 9.78 Å². The third-order valence-electron chi connectivity index (χ3n) is 1.78. The predicted molar refractivity (Wildman–Crippen MR) is 50.6 cm³/mol. The maximum atomic E-state index is 11.4. The van der Waals surface area contributed by atoms with Crippen molar-refractivity contribution >= 4 is 17.1 Å². The molecule has 6 heteroatoms. The first-order valence-corrected chi connectivity index (χ1v) is 4.37. The number of carbonyl (C=O) groups excluding carboxylic acids is 1. The number of furan rings is 1. The Kier molecular flexibility index (Phi) is 2.24. The number of aromatic amines is 1. The topological polar surface area (TPSA) is 85.2 Å². The van der Waals surface area contributed by atoms with Crippen LogP contribution in [0.15, 0.2) is 21.5 Å². The number of hydrogen-bond donors (Lipinski definition) is 1. The summed E-state index contributed by atoms with van der Waals surface area (Å²) in [4.78, 5) is 28.8. The summed E-state index contributed by atoms with van der Waals surface area (Å²) in [6.07, 6.45) is 1.34. The molecule has 0 unspecified atom stereocenters. The minimum Gasteiger partial charge on any atom is -0.460 e. The highest BCUT2D eigenvalue weighted by Crippen LogP contribution is 2.07. The van der Waals surface area contributed by atoms with Crippen LogP contribution in [0.25, 0.3) is 11.1 Å². The highest BCUT2D eigenvalue weighted by molar-refractivity contribution is 5.87. The standard InChI is InChI=1S/C9H8N2O4/c1-2-14-9(13)7-10-5-3-4-15-6(5)8(12)11-7/h3-4H,2H2,1H3,(H,10,11,12). The molecule has 0 fully saturated rings. The van der Waals surface area contributed by atoms with Crippen LogP contribution in [0.5, 0.6) is 0 Å². The molecule has 2 heterocycles. The van der Waals surface area contributed by atoms with Crippen LogP contribution in [0, 0.1) is 0 Å². The van der Waals surface area contributed by atoms with Gasteiger partial charge in [-0.05, 0) is 6.92 Å². The number of nitrogens with zero attached hydrogens (tertiary/aromatic N) is 1. The maximum absolute atomic E-state index is 11.4. The van der Waals surface area contributed by atoms with Crippen LogP contribution in [-0.2, 0) is 4.74 Å². The Hall–Kier alpha value is -2.11. The Balaban J connectivity index is 2.54. The highest BCUT2D eigenvalue weighted by Gasteiger charge is 2.13. The molecule has 0 aromatic carbocycles. The number of H-pyrrole nitrogens is 1. The smallest absolute Gasteiger partial charge is 0.374 e. The van der Waals surface area contributed by atoms with Crippen molar-refractivity contribution in [1.29, 1.82) is 0 Å². The Labute approximate surface area is 83.9 Å². The summed E-state index contributed by atoms with van der Waals surface area (Å²) >= 11 is 0. The third-order valence-corrected chi connectivity index (χ3v) is 1.78. The van der Waals surface area contributed by atoms with Crippen LogP contribution in [-0.4, -0.2) is 22.5 Å². The van der Waals surface area contributed by atoms with E-state index in [9.17, 15) is 9.59 Å². The molecule has 0 saturated heterocycles. The number of rotatable bonds is 2. The van der Waals surface area contributed by atoms with Crippen molar-refractivity contribution < 1.29 is 13.9 Å². The Morgan fingerprint density at radius 2 is 2.47 bits per heavy atom. The molecule has 0 amide bonds. The molecular weight excluding hydrogens is 200 g/mol. The quantitative estimate of drug-likeness (QED) is 0.734. The zero-order valence-electron chi connectivity index (χ0n) is 7.94. The fourth-order valence-electron chi connectivity index (χ4n) is 1.17. The summed E-state index contributed by atoms with van der Waals surface area (Å²) in [6, 6.07) is 1.51. The molecule has 0 aliphatic heterocycles. The average Bonchev–Trinajstić information content (AvgIpc) is 2.66. The third kappa shape index (κ3) is 1.61. The zero-order chi connectivity index (χ0) is 10.8. The number of ether oxygens (including phenoxy) is 1. The van der Waals surface area contributed by atoms with E-state index in [-0.39, 0.29) is 18.0 Å². The molecule has 0 radical (unpaired) electrons. The molecule has 2 aromatic heterocycles. The molecule has 2 rings (SSSR count). The van der Waals surface area contributed by atoms with Crippen LogP contribution in [0.1, 0.15) is 17.5 Å². The summed E-state index contributed by atoms with van der Waals surface area (Å²) < 4.78 is 9.59. The second kappa shape index (κ2) is 3.56. The van der Waals surface area contributed by atoms with E-state index in [1.807, 2.05) is 0 Å². The van der Waals surface area contributed by atoms with E-state index in [0.29, 0.717) is 5.52 Å². The van der Waals surface area contributed by atoms with Gasteiger partial charge in [0.15, 0.2) is 0 Å². The number of fused-ring (bicyclic) bond motifs is 1.